The third kappa shape index (κ3) is 8.47. The lowest BCUT2D eigenvalue weighted by Crippen LogP contribution is -2.40. The normalized spacial score (nSPS) is 12.3. The molecule has 0 aliphatic carbocycles. The highest BCUT2D eigenvalue weighted by atomic mass is 16.5. The molecule has 0 bridgehead atoms. The van der Waals surface area contributed by atoms with Crippen LogP contribution in [0.2, 0.25) is 0 Å². The fraction of sp³-hybridized carbons (Fsp3) is 0.455. The number of hydrogen-bond donors (Lipinski definition) is 3. The van der Waals surface area contributed by atoms with Gasteiger partial charge in [0.15, 0.2) is 0 Å². The van der Waals surface area contributed by atoms with Crippen LogP contribution in [0.5, 0.6) is 0 Å². The van der Waals surface area contributed by atoms with Crippen LogP contribution in [0.15, 0.2) is 48.5 Å². The molecule has 13 heteroatoms. The van der Waals surface area contributed by atoms with E-state index in [9.17, 15) is 19.2 Å². The number of nitrogens with one attached hydrogen (secondary N) is 3. The molecule has 0 saturated heterocycles. The lowest BCUT2D eigenvalue weighted by Gasteiger charge is -2.29. The minimum Gasteiger partial charge on any atom is -0.356 e. The van der Waals surface area contributed by atoms with E-state index in [0.717, 1.165) is 16.7 Å². The molecule has 246 valence electrons. The number of carbonyl (C=O) groups excluding carboxylic acids is 4. The second kappa shape index (κ2) is 15.0. The van der Waals surface area contributed by atoms with Crippen LogP contribution in [0.3, 0.4) is 0 Å². The summed E-state index contributed by atoms with van der Waals surface area (Å²) in [5, 5.41) is 17.2. The SMILES string of the molecule is CNC(=O)N(C)COC(C)(C)CCNC(=O)CCC(=O)N1Cc2ccccc2-c2nnn(CC(=O)NC(C)C)c2-c2ccccc21. The Morgan fingerprint density at radius 1 is 1.00 bits per heavy atom. The molecule has 1 aliphatic heterocycles. The number of benzene rings is 2. The number of hydrogen-bond acceptors (Lipinski definition) is 7. The Morgan fingerprint density at radius 3 is 2.41 bits per heavy atom. The molecule has 13 nitrogen and oxygen atoms in total. The summed E-state index contributed by atoms with van der Waals surface area (Å²) < 4.78 is 7.42. The van der Waals surface area contributed by atoms with Crippen LogP contribution < -0.4 is 20.9 Å². The Morgan fingerprint density at radius 2 is 1.70 bits per heavy atom. The van der Waals surface area contributed by atoms with Gasteiger partial charge in [0, 0.05) is 50.7 Å². The first kappa shape index (κ1) is 34.1. The number of urea groups is 1. The van der Waals surface area contributed by atoms with E-state index in [1.165, 1.54) is 4.90 Å². The van der Waals surface area contributed by atoms with E-state index in [1.54, 1.807) is 23.7 Å². The highest BCUT2D eigenvalue weighted by Crippen LogP contribution is 2.41. The molecule has 0 unspecified atom stereocenters. The number of fused-ring (bicyclic) bond motifs is 5. The number of aromatic nitrogens is 3. The molecular formula is C33H44N8O5. The first-order chi connectivity index (χ1) is 21.9. The molecule has 0 fully saturated rings. The number of para-hydroxylation sites is 1. The van der Waals surface area contributed by atoms with Gasteiger partial charge in [-0.2, -0.15) is 0 Å². The van der Waals surface area contributed by atoms with Crippen LogP contribution in [0.4, 0.5) is 10.5 Å². The minimum atomic E-state index is -0.581. The fourth-order valence-corrected chi connectivity index (χ4v) is 5.19. The zero-order valence-corrected chi connectivity index (χ0v) is 27.4. The highest BCUT2D eigenvalue weighted by molar-refractivity contribution is 6.01. The van der Waals surface area contributed by atoms with Crippen LogP contribution in [-0.4, -0.2) is 82.7 Å². The summed E-state index contributed by atoms with van der Waals surface area (Å²) in [4.78, 5) is 54.2. The summed E-state index contributed by atoms with van der Waals surface area (Å²) in [6, 6.07) is 14.9. The highest BCUT2D eigenvalue weighted by Gasteiger charge is 2.30. The Bertz CT molecular complexity index is 1570. The van der Waals surface area contributed by atoms with Crippen molar-refractivity contribution < 1.29 is 23.9 Å². The van der Waals surface area contributed by atoms with Gasteiger partial charge in [0.1, 0.15) is 19.0 Å². The summed E-state index contributed by atoms with van der Waals surface area (Å²) >= 11 is 0. The smallest absolute Gasteiger partial charge is 0.318 e. The van der Waals surface area contributed by atoms with Gasteiger partial charge >= 0.3 is 6.03 Å². The van der Waals surface area contributed by atoms with Crippen LogP contribution >= 0.6 is 0 Å². The first-order valence-corrected chi connectivity index (χ1v) is 15.4. The van der Waals surface area contributed by atoms with E-state index in [-0.39, 0.29) is 62.5 Å². The summed E-state index contributed by atoms with van der Waals surface area (Å²) in [5.74, 6) is -0.646. The van der Waals surface area contributed by atoms with E-state index in [0.29, 0.717) is 30.0 Å². The van der Waals surface area contributed by atoms with Gasteiger partial charge in [-0.3, -0.25) is 14.4 Å². The lowest BCUT2D eigenvalue weighted by atomic mass is 9.95. The molecule has 4 rings (SSSR count). The van der Waals surface area contributed by atoms with Gasteiger partial charge in [0.05, 0.1) is 23.5 Å². The molecular weight excluding hydrogens is 588 g/mol. The van der Waals surface area contributed by atoms with Gasteiger partial charge < -0.3 is 30.5 Å². The number of ether oxygens (including phenoxy) is 1. The van der Waals surface area contributed by atoms with Crippen molar-refractivity contribution in [1.29, 1.82) is 0 Å². The number of amides is 5. The second-order valence-corrected chi connectivity index (χ2v) is 12.2. The predicted octanol–water partition coefficient (Wildman–Crippen LogP) is 3.29. The topological polar surface area (TPSA) is 151 Å². The molecule has 1 aliphatic rings. The lowest BCUT2D eigenvalue weighted by molar-refractivity contribution is -0.125. The summed E-state index contributed by atoms with van der Waals surface area (Å²) in [6.07, 6.45) is 0.532. The van der Waals surface area contributed by atoms with Crippen LogP contribution in [-0.2, 0) is 32.2 Å². The van der Waals surface area contributed by atoms with Crippen molar-refractivity contribution >= 4 is 29.4 Å². The molecule has 1 aromatic heterocycles. The number of carbonyl (C=O) groups is 4. The van der Waals surface area contributed by atoms with Gasteiger partial charge in [-0.05, 0) is 45.7 Å². The molecule has 3 N–H and O–H groups in total. The fourth-order valence-electron chi connectivity index (χ4n) is 5.19. The zero-order chi connectivity index (χ0) is 33.4. The van der Waals surface area contributed by atoms with Crippen molar-refractivity contribution in [2.75, 3.05) is 32.3 Å². The van der Waals surface area contributed by atoms with Crippen molar-refractivity contribution in [2.24, 2.45) is 0 Å². The summed E-state index contributed by atoms with van der Waals surface area (Å²) in [7, 11) is 3.18. The van der Waals surface area contributed by atoms with Gasteiger partial charge in [-0.15, -0.1) is 5.10 Å². The summed E-state index contributed by atoms with van der Waals surface area (Å²) in [5.41, 5.74) is 3.77. The van der Waals surface area contributed by atoms with Gasteiger partial charge in [-0.25, -0.2) is 9.48 Å². The molecule has 2 heterocycles. The van der Waals surface area contributed by atoms with E-state index >= 15 is 0 Å². The Kier molecular flexibility index (Phi) is 11.1. The average Bonchev–Trinajstić information content (AvgIpc) is 3.42. The van der Waals surface area contributed by atoms with Gasteiger partial charge in [0.25, 0.3) is 0 Å². The zero-order valence-electron chi connectivity index (χ0n) is 27.4. The van der Waals surface area contributed by atoms with Crippen molar-refractivity contribution in [3.05, 3.63) is 54.1 Å². The molecule has 2 aromatic carbocycles. The van der Waals surface area contributed by atoms with Crippen LogP contribution in [0.1, 0.15) is 52.5 Å². The Balaban J connectivity index is 1.48. The van der Waals surface area contributed by atoms with Crippen molar-refractivity contribution in [3.63, 3.8) is 0 Å². The van der Waals surface area contributed by atoms with E-state index in [1.807, 2.05) is 76.2 Å². The molecule has 0 radical (unpaired) electrons. The van der Waals surface area contributed by atoms with E-state index < -0.39 is 5.60 Å². The maximum Gasteiger partial charge on any atom is 0.318 e. The molecule has 0 atom stereocenters. The average molecular weight is 633 g/mol. The third-order valence-electron chi connectivity index (χ3n) is 7.65. The molecule has 5 amide bonds. The Labute approximate surface area is 269 Å². The first-order valence-electron chi connectivity index (χ1n) is 15.4. The van der Waals surface area contributed by atoms with Crippen LogP contribution in [0.25, 0.3) is 22.5 Å². The standard InChI is InChI=1S/C33H44N8O5/c1-22(2)36-28(43)20-41-31-25-13-9-10-14-26(25)40(19-23-11-7-8-12-24(23)30(31)37-38-41)29(44)16-15-27(42)35-18-17-33(3,4)46-21-39(6)32(45)34-5/h7-14,22H,15-21H2,1-6H3,(H,34,45)(H,35,42)(H,36,43). The largest absolute Gasteiger partial charge is 0.356 e. The molecule has 3 aromatic rings. The minimum absolute atomic E-state index is 0.000312. The van der Waals surface area contributed by atoms with Gasteiger partial charge in [-0.1, -0.05) is 47.7 Å². The van der Waals surface area contributed by atoms with Crippen molar-refractivity contribution in [3.8, 4) is 22.5 Å². The maximum atomic E-state index is 13.8. The number of rotatable bonds is 12. The molecule has 46 heavy (non-hydrogen) atoms. The monoisotopic (exact) mass is 632 g/mol. The second-order valence-electron chi connectivity index (χ2n) is 12.2. The number of nitrogens with zero attached hydrogens (tertiary/aromatic N) is 5. The van der Waals surface area contributed by atoms with Crippen LogP contribution in [0, 0.1) is 0 Å². The number of anilines is 1. The maximum absolute atomic E-state index is 13.8. The third-order valence-corrected chi connectivity index (χ3v) is 7.65. The molecule has 0 saturated carbocycles. The van der Waals surface area contributed by atoms with E-state index in [4.69, 9.17) is 4.74 Å². The van der Waals surface area contributed by atoms with E-state index in [2.05, 4.69) is 26.3 Å². The predicted molar refractivity (Wildman–Crippen MR) is 174 cm³/mol. The molecule has 0 spiro atoms. The van der Waals surface area contributed by atoms with Crippen molar-refractivity contribution in [1.82, 2.24) is 35.8 Å². The Hall–Kier alpha value is -4.78. The van der Waals surface area contributed by atoms with Gasteiger partial charge in [0.2, 0.25) is 17.7 Å². The summed E-state index contributed by atoms with van der Waals surface area (Å²) in [6.45, 7) is 8.28. The quantitative estimate of drug-likeness (QED) is 0.259. The van der Waals surface area contributed by atoms with Crippen molar-refractivity contribution in [2.45, 2.75) is 71.7 Å².